The molecule has 1 aliphatic heterocycles. The van der Waals surface area contributed by atoms with Gasteiger partial charge in [-0.1, -0.05) is 115 Å². The van der Waals surface area contributed by atoms with E-state index in [4.69, 9.17) is 18.9 Å². The molecule has 0 amide bonds. The standard InChI is InChI=1S/C37H53FO5/c1-2-3-4-5-6-7-11-18-30-27-41-37(42-28-30)31-19-22-33(23-20-31)43-36(39)32-21-24-35(34(38)26-32)40-25-14-9-8-10-15-29-16-12-13-17-29/h19-24,26,29-30,37H,2-18,25,27-28H2,1H3/t30-,37-. The molecule has 2 aromatic rings. The van der Waals surface area contributed by atoms with Gasteiger partial charge in [-0.3, -0.25) is 0 Å². The van der Waals surface area contributed by atoms with Crippen LogP contribution in [-0.4, -0.2) is 25.8 Å². The van der Waals surface area contributed by atoms with Crippen molar-refractivity contribution < 1.29 is 28.1 Å². The van der Waals surface area contributed by atoms with Gasteiger partial charge in [0, 0.05) is 11.5 Å². The molecule has 2 aliphatic rings. The minimum absolute atomic E-state index is 0.145. The summed E-state index contributed by atoms with van der Waals surface area (Å²) in [6, 6.07) is 11.3. The van der Waals surface area contributed by atoms with Crippen molar-refractivity contribution in [3.8, 4) is 11.5 Å². The van der Waals surface area contributed by atoms with Crippen LogP contribution < -0.4 is 9.47 Å². The minimum Gasteiger partial charge on any atom is -0.491 e. The van der Waals surface area contributed by atoms with Crippen LogP contribution in [-0.2, 0) is 9.47 Å². The SMILES string of the molecule is CCCCCCCCC[C@H]1CO[C@H](c2ccc(OC(=O)c3ccc(OCCCCCCC4CCCC4)c(F)c3)cc2)OC1. The first-order valence-electron chi connectivity index (χ1n) is 17.1. The summed E-state index contributed by atoms with van der Waals surface area (Å²) >= 11 is 0. The number of carbonyl (C=O) groups excluding carboxylic acids is 1. The van der Waals surface area contributed by atoms with Crippen molar-refractivity contribution in [3.63, 3.8) is 0 Å². The lowest BCUT2D eigenvalue weighted by atomic mass is 9.99. The molecule has 1 heterocycles. The minimum atomic E-state index is -0.612. The molecule has 0 atom stereocenters. The van der Waals surface area contributed by atoms with Crippen LogP contribution in [0.1, 0.15) is 138 Å². The Kier molecular flexibility index (Phi) is 14.8. The molecule has 0 N–H and O–H groups in total. The molecule has 1 saturated carbocycles. The van der Waals surface area contributed by atoms with Crippen LogP contribution in [0.2, 0.25) is 0 Å². The zero-order valence-electron chi connectivity index (χ0n) is 26.3. The maximum Gasteiger partial charge on any atom is 0.343 e. The van der Waals surface area contributed by atoms with Crippen molar-refractivity contribution in [2.75, 3.05) is 19.8 Å². The molecular formula is C37H53FO5. The van der Waals surface area contributed by atoms with E-state index < -0.39 is 18.1 Å². The number of hydrogen-bond donors (Lipinski definition) is 0. The van der Waals surface area contributed by atoms with Gasteiger partial charge in [0.05, 0.1) is 25.4 Å². The molecule has 2 fully saturated rings. The Labute approximate surface area is 258 Å². The molecule has 5 nitrogen and oxygen atoms in total. The van der Waals surface area contributed by atoms with Gasteiger partial charge in [-0.05, 0) is 49.1 Å². The van der Waals surface area contributed by atoms with Crippen LogP contribution >= 0.6 is 0 Å². The van der Waals surface area contributed by atoms with Gasteiger partial charge in [0.15, 0.2) is 17.9 Å². The summed E-state index contributed by atoms with van der Waals surface area (Å²) in [5, 5.41) is 0. The number of carbonyl (C=O) groups is 1. The van der Waals surface area contributed by atoms with E-state index in [9.17, 15) is 9.18 Å². The maximum absolute atomic E-state index is 14.6. The third-order valence-electron chi connectivity index (χ3n) is 8.95. The molecule has 1 saturated heterocycles. The first-order valence-corrected chi connectivity index (χ1v) is 17.1. The molecule has 1 aliphatic carbocycles. The smallest absolute Gasteiger partial charge is 0.343 e. The van der Waals surface area contributed by atoms with Crippen molar-refractivity contribution in [2.45, 2.75) is 122 Å². The second-order valence-electron chi connectivity index (χ2n) is 12.6. The van der Waals surface area contributed by atoms with E-state index >= 15 is 0 Å². The number of benzene rings is 2. The topological polar surface area (TPSA) is 54.0 Å². The van der Waals surface area contributed by atoms with Gasteiger partial charge in [-0.2, -0.15) is 0 Å². The normalized spacial score (nSPS) is 19.0. The zero-order valence-corrected chi connectivity index (χ0v) is 26.3. The quantitative estimate of drug-likeness (QED) is 0.0917. The average Bonchev–Trinajstić information content (AvgIpc) is 3.55. The van der Waals surface area contributed by atoms with E-state index in [1.807, 2.05) is 12.1 Å². The highest BCUT2D eigenvalue weighted by Crippen LogP contribution is 2.30. The number of halogens is 1. The number of unbranched alkanes of at least 4 members (excludes halogenated alkanes) is 9. The van der Waals surface area contributed by atoms with Crippen LogP contribution in [0.15, 0.2) is 42.5 Å². The summed E-state index contributed by atoms with van der Waals surface area (Å²) in [7, 11) is 0. The Morgan fingerprint density at radius 1 is 0.791 bits per heavy atom. The molecule has 0 spiro atoms. The van der Waals surface area contributed by atoms with Crippen molar-refractivity contribution in [1.29, 1.82) is 0 Å². The van der Waals surface area contributed by atoms with Gasteiger partial charge in [0.25, 0.3) is 0 Å². The molecule has 0 radical (unpaired) electrons. The van der Waals surface area contributed by atoms with Crippen LogP contribution in [0.25, 0.3) is 0 Å². The molecule has 238 valence electrons. The van der Waals surface area contributed by atoms with Gasteiger partial charge in [0.1, 0.15) is 5.75 Å². The molecule has 2 aromatic carbocycles. The van der Waals surface area contributed by atoms with Crippen LogP contribution in [0.3, 0.4) is 0 Å². The molecule has 0 bridgehead atoms. The van der Waals surface area contributed by atoms with Gasteiger partial charge in [-0.25, -0.2) is 9.18 Å². The van der Waals surface area contributed by atoms with Crippen molar-refractivity contribution >= 4 is 5.97 Å². The van der Waals surface area contributed by atoms with Gasteiger partial charge < -0.3 is 18.9 Å². The maximum atomic E-state index is 14.6. The Hall–Kier alpha value is -2.44. The first kappa shape index (κ1) is 33.5. The van der Waals surface area contributed by atoms with Crippen LogP contribution in [0.5, 0.6) is 11.5 Å². The number of rotatable bonds is 19. The molecule has 0 unspecified atom stereocenters. The summed E-state index contributed by atoms with van der Waals surface area (Å²) in [5.74, 6) is 0.777. The van der Waals surface area contributed by atoms with Gasteiger partial charge >= 0.3 is 5.97 Å². The van der Waals surface area contributed by atoms with Gasteiger partial charge in [0.2, 0.25) is 0 Å². The van der Waals surface area contributed by atoms with Crippen molar-refractivity contribution in [2.24, 2.45) is 11.8 Å². The largest absolute Gasteiger partial charge is 0.491 e. The Balaban J connectivity index is 1.11. The second-order valence-corrected chi connectivity index (χ2v) is 12.6. The fraction of sp³-hybridized carbons (Fsp3) is 0.649. The van der Waals surface area contributed by atoms with Crippen LogP contribution in [0, 0.1) is 17.7 Å². The van der Waals surface area contributed by atoms with E-state index in [1.165, 1.54) is 102 Å². The monoisotopic (exact) mass is 596 g/mol. The van der Waals surface area contributed by atoms with E-state index in [0.29, 0.717) is 31.5 Å². The molecule has 4 rings (SSSR count). The molecule has 6 heteroatoms. The van der Waals surface area contributed by atoms with Gasteiger partial charge in [-0.15, -0.1) is 0 Å². The molecular weight excluding hydrogens is 543 g/mol. The van der Waals surface area contributed by atoms with E-state index in [1.54, 1.807) is 18.2 Å². The predicted octanol–water partition coefficient (Wildman–Crippen LogP) is 10.4. The predicted molar refractivity (Wildman–Crippen MR) is 169 cm³/mol. The summed E-state index contributed by atoms with van der Waals surface area (Å²) in [6.07, 6.45) is 21.3. The first-order chi connectivity index (χ1) is 21.1. The average molecular weight is 597 g/mol. The van der Waals surface area contributed by atoms with E-state index in [-0.39, 0.29) is 11.3 Å². The summed E-state index contributed by atoms with van der Waals surface area (Å²) in [6.45, 7) is 4.12. The van der Waals surface area contributed by atoms with Crippen LogP contribution in [0.4, 0.5) is 4.39 Å². The summed E-state index contributed by atoms with van der Waals surface area (Å²) in [4.78, 5) is 12.7. The fourth-order valence-electron chi connectivity index (χ4n) is 6.27. The number of esters is 1. The Bertz CT molecular complexity index is 1060. The third-order valence-corrected chi connectivity index (χ3v) is 8.95. The summed E-state index contributed by atoms with van der Waals surface area (Å²) in [5.41, 5.74) is 1.03. The lowest BCUT2D eigenvalue weighted by Gasteiger charge is -2.29. The van der Waals surface area contributed by atoms with E-state index in [0.717, 1.165) is 30.7 Å². The Morgan fingerprint density at radius 3 is 2.09 bits per heavy atom. The van der Waals surface area contributed by atoms with Crippen molar-refractivity contribution in [1.82, 2.24) is 0 Å². The summed E-state index contributed by atoms with van der Waals surface area (Å²) < 4.78 is 37.7. The highest BCUT2D eigenvalue weighted by Gasteiger charge is 2.23. The van der Waals surface area contributed by atoms with E-state index in [2.05, 4.69) is 6.92 Å². The zero-order chi connectivity index (χ0) is 30.1. The Morgan fingerprint density at radius 2 is 1.42 bits per heavy atom. The molecule has 43 heavy (non-hydrogen) atoms. The lowest BCUT2D eigenvalue weighted by Crippen LogP contribution is -2.27. The number of hydrogen-bond acceptors (Lipinski definition) is 5. The highest BCUT2D eigenvalue weighted by molar-refractivity contribution is 5.91. The lowest BCUT2D eigenvalue weighted by molar-refractivity contribution is -0.206. The highest BCUT2D eigenvalue weighted by atomic mass is 19.1. The molecule has 0 aromatic heterocycles. The second kappa shape index (κ2) is 19.1. The van der Waals surface area contributed by atoms with Crippen molar-refractivity contribution in [3.05, 3.63) is 59.4 Å². The fourth-order valence-corrected chi connectivity index (χ4v) is 6.27. The third kappa shape index (κ3) is 11.9. The number of ether oxygens (including phenoxy) is 4.